The molecule has 19 heavy (non-hydrogen) atoms. The van der Waals surface area contributed by atoms with Gasteiger partial charge >= 0.3 is 0 Å². The van der Waals surface area contributed by atoms with E-state index in [2.05, 4.69) is 50.1 Å². The van der Waals surface area contributed by atoms with Crippen LogP contribution in [0.4, 0.5) is 0 Å². The third-order valence-electron chi connectivity index (χ3n) is 3.83. The fourth-order valence-corrected chi connectivity index (χ4v) is 3.68. The standard InChI is InChI=1S/C16H20Br2O/c1-19-15-7-8-16(18)13(10-15)9-14(11-17)12-5-3-2-4-6-12/h7-10,12H,2-6,11H2,1H3/b14-9-. The summed E-state index contributed by atoms with van der Waals surface area (Å²) < 4.78 is 6.44. The first kappa shape index (κ1) is 15.1. The molecule has 2 rings (SSSR count). The van der Waals surface area contributed by atoms with E-state index in [0.29, 0.717) is 0 Å². The van der Waals surface area contributed by atoms with Crippen LogP contribution in [0.1, 0.15) is 37.7 Å². The van der Waals surface area contributed by atoms with Gasteiger partial charge in [0, 0.05) is 9.80 Å². The average Bonchev–Trinajstić information content (AvgIpc) is 2.47. The highest BCUT2D eigenvalue weighted by molar-refractivity contribution is 9.10. The molecule has 1 aliphatic rings. The second-order valence-electron chi connectivity index (χ2n) is 5.08. The smallest absolute Gasteiger partial charge is 0.119 e. The van der Waals surface area contributed by atoms with E-state index in [1.54, 1.807) is 7.11 Å². The molecule has 0 atom stereocenters. The number of hydrogen-bond acceptors (Lipinski definition) is 1. The van der Waals surface area contributed by atoms with Gasteiger partial charge in [0.05, 0.1) is 7.11 Å². The predicted octanol–water partition coefficient (Wildman–Crippen LogP) is 5.82. The van der Waals surface area contributed by atoms with Crippen LogP contribution in [0.2, 0.25) is 0 Å². The van der Waals surface area contributed by atoms with Crippen molar-refractivity contribution in [2.45, 2.75) is 32.1 Å². The van der Waals surface area contributed by atoms with Crippen molar-refractivity contribution >= 4 is 37.9 Å². The summed E-state index contributed by atoms with van der Waals surface area (Å²) in [6, 6.07) is 6.13. The molecule has 1 nitrogen and oxygen atoms in total. The molecule has 0 N–H and O–H groups in total. The van der Waals surface area contributed by atoms with Crippen molar-refractivity contribution in [2.75, 3.05) is 12.4 Å². The summed E-state index contributed by atoms with van der Waals surface area (Å²) in [7, 11) is 1.71. The van der Waals surface area contributed by atoms with Gasteiger partial charge in [0.25, 0.3) is 0 Å². The lowest BCUT2D eigenvalue weighted by molar-refractivity contribution is 0.405. The lowest BCUT2D eigenvalue weighted by Gasteiger charge is -2.23. The number of hydrogen-bond donors (Lipinski definition) is 0. The molecule has 0 aromatic heterocycles. The van der Waals surface area contributed by atoms with Crippen LogP contribution in [0.3, 0.4) is 0 Å². The Morgan fingerprint density at radius 3 is 2.68 bits per heavy atom. The molecular formula is C16H20Br2O. The van der Waals surface area contributed by atoms with E-state index in [1.165, 1.54) is 43.2 Å². The van der Waals surface area contributed by atoms with Crippen molar-refractivity contribution < 1.29 is 4.74 Å². The molecule has 1 fully saturated rings. The topological polar surface area (TPSA) is 9.23 Å². The molecule has 1 saturated carbocycles. The summed E-state index contributed by atoms with van der Waals surface area (Å²) in [4.78, 5) is 0. The van der Waals surface area contributed by atoms with Gasteiger partial charge in [-0.05, 0) is 42.5 Å². The average molecular weight is 388 g/mol. The first-order valence-corrected chi connectivity index (χ1v) is 8.76. The van der Waals surface area contributed by atoms with Crippen molar-refractivity contribution in [3.05, 3.63) is 33.8 Å². The zero-order valence-electron chi connectivity index (χ0n) is 11.3. The molecule has 0 amide bonds. The summed E-state index contributed by atoms with van der Waals surface area (Å²) in [6.45, 7) is 0. The molecule has 0 saturated heterocycles. The van der Waals surface area contributed by atoms with E-state index in [0.717, 1.165) is 21.5 Å². The molecule has 0 spiro atoms. The van der Waals surface area contributed by atoms with Crippen molar-refractivity contribution in [1.29, 1.82) is 0 Å². The summed E-state index contributed by atoms with van der Waals surface area (Å²) in [6.07, 6.45) is 9.12. The lowest BCUT2D eigenvalue weighted by Crippen LogP contribution is -2.10. The predicted molar refractivity (Wildman–Crippen MR) is 89.0 cm³/mol. The van der Waals surface area contributed by atoms with Crippen LogP contribution in [0, 0.1) is 5.92 Å². The molecule has 104 valence electrons. The first-order valence-electron chi connectivity index (χ1n) is 6.84. The van der Waals surface area contributed by atoms with Gasteiger partial charge in [0.15, 0.2) is 0 Å². The highest BCUT2D eigenvalue weighted by Crippen LogP contribution is 2.33. The normalized spacial score (nSPS) is 17.5. The largest absolute Gasteiger partial charge is 0.497 e. The van der Waals surface area contributed by atoms with Crippen LogP contribution in [-0.4, -0.2) is 12.4 Å². The molecular weight excluding hydrogens is 368 g/mol. The number of allylic oxidation sites excluding steroid dienone is 1. The minimum atomic E-state index is 0.742. The number of alkyl halides is 1. The Kier molecular flexibility index (Phi) is 5.96. The molecule has 0 bridgehead atoms. The summed E-state index contributed by atoms with van der Waals surface area (Å²) >= 11 is 7.28. The minimum Gasteiger partial charge on any atom is -0.497 e. The maximum Gasteiger partial charge on any atom is 0.119 e. The lowest BCUT2D eigenvalue weighted by atomic mass is 9.84. The van der Waals surface area contributed by atoms with Gasteiger partial charge in [-0.2, -0.15) is 0 Å². The van der Waals surface area contributed by atoms with E-state index < -0.39 is 0 Å². The van der Waals surface area contributed by atoms with Crippen molar-refractivity contribution in [3.63, 3.8) is 0 Å². The molecule has 3 heteroatoms. The summed E-state index contributed by atoms with van der Waals surface area (Å²) in [5.74, 6) is 1.65. The van der Waals surface area contributed by atoms with Crippen molar-refractivity contribution in [1.82, 2.24) is 0 Å². The van der Waals surface area contributed by atoms with Crippen molar-refractivity contribution in [2.24, 2.45) is 5.92 Å². The van der Waals surface area contributed by atoms with E-state index in [9.17, 15) is 0 Å². The molecule has 1 aromatic rings. The number of benzene rings is 1. The third kappa shape index (κ3) is 4.09. The fraction of sp³-hybridized carbons (Fsp3) is 0.500. The van der Waals surface area contributed by atoms with Gasteiger partial charge in [0.2, 0.25) is 0 Å². The van der Waals surface area contributed by atoms with E-state index in [4.69, 9.17) is 4.74 Å². The maximum absolute atomic E-state index is 5.31. The minimum absolute atomic E-state index is 0.742. The Hall–Kier alpha value is -0.280. The number of ether oxygens (including phenoxy) is 1. The van der Waals surface area contributed by atoms with Gasteiger partial charge in [-0.3, -0.25) is 0 Å². The second-order valence-corrected chi connectivity index (χ2v) is 6.49. The quantitative estimate of drug-likeness (QED) is 0.591. The van der Waals surface area contributed by atoms with Gasteiger partial charge in [-0.1, -0.05) is 62.8 Å². The SMILES string of the molecule is COc1ccc(Br)c(/C=C(/CBr)C2CCCCC2)c1. The monoisotopic (exact) mass is 386 g/mol. The van der Waals surface area contributed by atoms with E-state index in [-0.39, 0.29) is 0 Å². The zero-order valence-corrected chi connectivity index (χ0v) is 14.5. The Morgan fingerprint density at radius 1 is 1.32 bits per heavy atom. The molecule has 1 aromatic carbocycles. The van der Waals surface area contributed by atoms with Crippen molar-refractivity contribution in [3.8, 4) is 5.75 Å². The third-order valence-corrected chi connectivity index (χ3v) is 5.20. The highest BCUT2D eigenvalue weighted by Gasteiger charge is 2.17. The van der Waals surface area contributed by atoms with Crippen LogP contribution < -0.4 is 4.74 Å². The maximum atomic E-state index is 5.31. The van der Waals surface area contributed by atoms with Gasteiger partial charge in [0.1, 0.15) is 5.75 Å². The Bertz CT molecular complexity index is 448. The fourth-order valence-electron chi connectivity index (χ4n) is 2.70. The molecule has 0 heterocycles. The summed E-state index contributed by atoms with van der Waals surface area (Å²) in [5.41, 5.74) is 2.72. The number of rotatable bonds is 4. The van der Waals surface area contributed by atoms with Crippen LogP contribution in [0.5, 0.6) is 5.75 Å². The molecule has 0 unspecified atom stereocenters. The van der Waals surface area contributed by atoms with Crippen LogP contribution in [0.25, 0.3) is 6.08 Å². The van der Waals surface area contributed by atoms with Crippen LogP contribution >= 0.6 is 31.9 Å². The first-order chi connectivity index (χ1) is 9.24. The van der Waals surface area contributed by atoms with Gasteiger partial charge in [-0.25, -0.2) is 0 Å². The van der Waals surface area contributed by atoms with Gasteiger partial charge in [-0.15, -0.1) is 0 Å². The van der Waals surface area contributed by atoms with E-state index in [1.807, 2.05) is 6.07 Å². The highest BCUT2D eigenvalue weighted by atomic mass is 79.9. The summed E-state index contributed by atoms with van der Waals surface area (Å²) in [5, 5.41) is 0.960. The molecule has 0 aliphatic heterocycles. The Labute approximate surface area is 132 Å². The Balaban J connectivity index is 2.25. The van der Waals surface area contributed by atoms with Gasteiger partial charge < -0.3 is 4.74 Å². The number of halogens is 2. The van der Waals surface area contributed by atoms with Crippen LogP contribution in [-0.2, 0) is 0 Å². The Morgan fingerprint density at radius 2 is 2.05 bits per heavy atom. The molecule has 1 aliphatic carbocycles. The second kappa shape index (κ2) is 7.49. The number of methoxy groups -OCH3 is 1. The molecule has 0 radical (unpaired) electrons. The van der Waals surface area contributed by atoms with E-state index >= 15 is 0 Å². The zero-order chi connectivity index (χ0) is 13.7. The van der Waals surface area contributed by atoms with Crippen LogP contribution in [0.15, 0.2) is 28.2 Å².